The molecule has 2 aromatic carbocycles. The first kappa shape index (κ1) is 24.4. The zero-order valence-electron chi connectivity index (χ0n) is 20.4. The standard InChI is InChI=1S/C26H31N7O2S/c1-36-22-24(32-13-11-27-12-14-32)30-23(31-25(22)33-15-17-35-18-16-33)19-7-9-21(10-8-19)29-26(34)28-20-5-3-2-4-6-20/h2-10,27H,11-18H2,1H3,(H2,28,29,34). The molecule has 0 aliphatic carbocycles. The Morgan fingerprint density at radius 1 is 0.861 bits per heavy atom. The first-order valence-corrected chi connectivity index (χ1v) is 13.4. The van der Waals surface area contributed by atoms with E-state index >= 15 is 0 Å². The molecule has 3 N–H and O–H groups in total. The van der Waals surface area contributed by atoms with Crippen molar-refractivity contribution in [2.75, 3.05) is 79.2 Å². The molecule has 3 aromatic rings. The minimum atomic E-state index is -0.287. The summed E-state index contributed by atoms with van der Waals surface area (Å²) < 4.78 is 5.59. The number of piperazine rings is 1. The number of carbonyl (C=O) groups is 1. The van der Waals surface area contributed by atoms with Crippen LogP contribution in [0.4, 0.5) is 27.8 Å². The van der Waals surface area contributed by atoms with Crippen LogP contribution in [0.1, 0.15) is 0 Å². The number of urea groups is 1. The number of nitrogens with one attached hydrogen (secondary N) is 3. The molecule has 2 amide bonds. The third kappa shape index (κ3) is 5.72. The quantitative estimate of drug-likeness (QED) is 0.436. The number of anilines is 4. The predicted molar refractivity (Wildman–Crippen MR) is 146 cm³/mol. The van der Waals surface area contributed by atoms with Crippen LogP contribution in [0.5, 0.6) is 0 Å². The van der Waals surface area contributed by atoms with Gasteiger partial charge in [0, 0.05) is 56.2 Å². The number of hydrogen-bond acceptors (Lipinski definition) is 8. The van der Waals surface area contributed by atoms with E-state index in [2.05, 4.69) is 32.0 Å². The molecule has 2 aliphatic rings. The highest BCUT2D eigenvalue weighted by Crippen LogP contribution is 2.37. The van der Waals surface area contributed by atoms with Gasteiger partial charge in [-0.05, 0) is 42.7 Å². The van der Waals surface area contributed by atoms with Crippen LogP contribution in [0.2, 0.25) is 0 Å². The number of benzene rings is 2. The lowest BCUT2D eigenvalue weighted by Gasteiger charge is -2.34. The molecule has 188 valence electrons. The summed E-state index contributed by atoms with van der Waals surface area (Å²) in [6.07, 6.45) is 2.09. The Labute approximate surface area is 215 Å². The van der Waals surface area contributed by atoms with Crippen molar-refractivity contribution in [2.45, 2.75) is 4.90 Å². The van der Waals surface area contributed by atoms with Crippen molar-refractivity contribution in [1.29, 1.82) is 0 Å². The maximum atomic E-state index is 12.4. The van der Waals surface area contributed by atoms with E-state index in [0.29, 0.717) is 24.7 Å². The normalized spacial score (nSPS) is 16.0. The Balaban J connectivity index is 1.41. The van der Waals surface area contributed by atoms with Gasteiger partial charge in [0.05, 0.1) is 18.1 Å². The van der Waals surface area contributed by atoms with Crippen molar-refractivity contribution in [3.63, 3.8) is 0 Å². The molecule has 2 aliphatic heterocycles. The van der Waals surface area contributed by atoms with Crippen LogP contribution in [0.15, 0.2) is 59.5 Å². The molecule has 3 heterocycles. The Hall–Kier alpha value is -3.34. The average Bonchev–Trinajstić information content (AvgIpc) is 2.94. The van der Waals surface area contributed by atoms with E-state index in [1.54, 1.807) is 11.8 Å². The first-order chi connectivity index (χ1) is 17.7. The monoisotopic (exact) mass is 505 g/mol. The lowest BCUT2D eigenvalue weighted by Crippen LogP contribution is -2.44. The van der Waals surface area contributed by atoms with E-state index in [0.717, 1.165) is 67.1 Å². The lowest BCUT2D eigenvalue weighted by atomic mass is 10.2. The number of hydrogen-bond donors (Lipinski definition) is 3. The molecular formula is C26H31N7O2S. The minimum absolute atomic E-state index is 0.287. The molecule has 9 nitrogen and oxygen atoms in total. The molecule has 36 heavy (non-hydrogen) atoms. The van der Waals surface area contributed by atoms with Crippen molar-refractivity contribution < 1.29 is 9.53 Å². The SMILES string of the molecule is CSc1c(N2CCNCC2)nc(-c2ccc(NC(=O)Nc3ccccc3)cc2)nc1N1CCOCC1. The molecule has 0 radical (unpaired) electrons. The van der Waals surface area contributed by atoms with Crippen LogP contribution < -0.4 is 25.8 Å². The Morgan fingerprint density at radius 3 is 2.06 bits per heavy atom. The van der Waals surface area contributed by atoms with E-state index < -0.39 is 0 Å². The third-order valence-electron chi connectivity index (χ3n) is 6.19. The number of carbonyl (C=O) groups excluding carboxylic acids is 1. The van der Waals surface area contributed by atoms with E-state index in [1.165, 1.54) is 0 Å². The van der Waals surface area contributed by atoms with Gasteiger partial charge in [-0.1, -0.05) is 18.2 Å². The van der Waals surface area contributed by atoms with E-state index in [4.69, 9.17) is 14.7 Å². The summed E-state index contributed by atoms with van der Waals surface area (Å²) in [5.74, 6) is 2.64. The topological polar surface area (TPSA) is 94.6 Å². The molecular weight excluding hydrogens is 474 g/mol. The van der Waals surface area contributed by atoms with Crippen molar-refractivity contribution in [2.24, 2.45) is 0 Å². The maximum Gasteiger partial charge on any atom is 0.323 e. The fourth-order valence-corrected chi connectivity index (χ4v) is 5.05. The average molecular weight is 506 g/mol. The smallest absolute Gasteiger partial charge is 0.323 e. The predicted octanol–water partition coefficient (Wildman–Crippen LogP) is 3.76. The molecule has 10 heteroatoms. The van der Waals surface area contributed by atoms with Gasteiger partial charge in [0.15, 0.2) is 5.82 Å². The second kappa shape index (κ2) is 11.6. The van der Waals surface area contributed by atoms with Gasteiger partial charge in [0.2, 0.25) is 0 Å². The first-order valence-electron chi connectivity index (χ1n) is 12.2. The number of morpholine rings is 1. The highest BCUT2D eigenvalue weighted by molar-refractivity contribution is 7.99. The number of nitrogens with zero attached hydrogens (tertiary/aromatic N) is 4. The summed E-state index contributed by atoms with van der Waals surface area (Å²) in [5, 5.41) is 9.14. The van der Waals surface area contributed by atoms with Gasteiger partial charge < -0.3 is 30.5 Å². The molecule has 0 unspecified atom stereocenters. The van der Waals surface area contributed by atoms with Crippen molar-refractivity contribution >= 4 is 40.8 Å². The Bertz CT molecular complexity index is 1130. The molecule has 2 fully saturated rings. The largest absolute Gasteiger partial charge is 0.378 e. The fraction of sp³-hybridized carbons (Fsp3) is 0.346. The van der Waals surface area contributed by atoms with Crippen LogP contribution in [0.25, 0.3) is 11.4 Å². The number of para-hydroxylation sites is 1. The van der Waals surface area contributed by atoms with Crippen LogP contribution in [0, 0.1) is 0 Å². The number of amides is 2. The Morgan fingerprint density at radius 2 is 1.44 bits per heavy atom. The van der Waals surface area contributed by atoms with E-state index in [1.807, 2.05) is 54.6 Å². The van der Waals surface area contributed by atoms with Crippen LogP contribution in [0.3, 0.4) is 0 Å². The summed E-state index contributed by atoms with van der Waals surface area (Å²) in [6.45, 7) is 6.70. The van der Waals surface area contributed by atoms with Gasteiger partial charge in [0.25, 0.3) is 0 Å². The second-order valence-electron chi connectivity index (χ2n) is 8.59. The molecule has 5 rings (SSSR count). The minimum Gasteiger partial charge on any atom is -0.378 e. The highest BCUT2D eigenvalue weighted by atomic mass is 32.2. The van der Waals surface area contributed by atoms with E-state index in [-0.39, 0.29) is 6.03 Å². The van der Waals surface area contributed by atoms with Gasteiger partial charge in [-0.15, -0.1) is 11.8 Å². The molecule has 0 saturated carbocycles. The zero-order valence-corrected chi connectivity index (χ0v) is 21.2. The Kier molecular flexibility index (Phi) is 7.85. The van der Waals surface area contributed by atoms with Crippen molar-refractivity contribution in [1.82, 2.24) is 15.3 Å². The van der Waals surface area contributed by atoms with Gasteiger partial charge in [0.1, 0.15) is 11.6 Å². The van der Waals surface area contributed by atoms with Crippen molar-refractivity contribution in [3.05, 3.63) is 54.6 Å². The number of thioether (sulfide) groups is 1. The molecule has 0 bridgehead atoms. The molecule has 1 aromatic heterocycles. The number of rotatable bonds is 6. The number of aromatic nitrogens is 2. The summed E-state index contributed by atoms with van der Waals surface area (Å²) in [7, 11) is 0. The van der Waals surface area contributed by atoms with Gasteiger partial charge in [-0.2, -0.15) is 0 Å². The number of ether oxygens (including phenoxy) is 1. The maximum absolute atomic E-state index is 12.4. The van der Waals surface area contributed by atoms with Gasteiger partial charge >= 0.3 is 6.03 Å². The second-order valence-corrected chi connectivity index (χ2v) is 9.40. The lowest BCUT2D eigenvalue weighted by molar-refractivity contribution is 0.122. The molecule has 2 saturated heterocycles. The van der Waals surface area contributed by atoms with Gasteiger partial charge in [-0.3, -0.25) is 0 Å². The summed E-state index contributed by atoms with van der Waals surface area (Å²) >= 11 is 1.70. The zero-order chi connectivity index (χ0) is 24.7. The van der Waals surface area contributed by atoms with E-state index in [9.17, 15) is 4.79 Å². The van der Waals surface area contributed by atoms with Crippen molar-refractivity contribution in [3.8, 4) is 11.4 Å². The van der Waals surface area contributed by atoms with Crippen LogP contribution >= 0.6 is 11.8 Å². The fourth-order valence-electron chi connectivity index (χ4n) is 4.34. The highest BCUT2D eigenvalue weighted by Gasteiger charge is 2.25. The van der Waals surface area contributed by atoms with Crippen LogP contribution in [-0.2, 0) is 4.74 Å². The molecule has 0 spiro atoms. The summed E-state index contributed by atoms with van der Waals surface area (Å²) in [6, 6.07) is 16.8. The molecule has 0 atom stereocenters. The summed E-state index contributed by atoms with van der Waals surface area (Å²) in [5.41, 5.74) is 2.34. The third-order valence-corrected chi connectivity index (χ3v) is 6.97. The summed E-state index contributed by atoms with van der Waals surface area (Å²) in [4.78, 5) is 28.2. The van der Waals surface area contributed by atoms with Gasteiger partial charge in [-0.25, -0.2) is 14.8 Å². The van der Waals surface area contributed by atoms with Crippen LogP contribution in [-0.4, -0.2) is 74.7 Å².